The van der Waals surface area contributed by atoms with Gasteiger partial charge in [0.15, 0.2) is 11.5 Å². The van der Waals surface area contributed by atoms with Gasteiger partial charge in [0.1, 0.15) is 0 Å². The second-order valence-electron chi connectivity index (χ2n) is 6.68. The highest BCUT2D eigenvalue weighted by Gasteiger charge is 2.24. The Balaban J connectivity index is 1.71. The summed E-state index contributed by atoms with van der Waals surface area (Å²) >= 11 is 0. The summed E-state index contributed by atoms with van der Waals surface area (Å²) in [6.45, 7) is 5.16. The Morgan fingerprint density at radius 1 is 1.11 bits per heavy atom. The van der Waals surface area contributed by atoms with Gasteiger partial charge in [-0.2, -0.15) is 0 Å². The van der Waals surface area contributed by atoms with E-state index in [1.807, 2.05) is 13.0 Å². The number of rotatable bonds is 8. The van der Waals surface area contributed by atoms with E-state index < -0.39 is 0 Å². The topological polar surface area (TPSA) is 50.8 Å². The molecule has 2 aromatic rings. The zero-order chi connectivity index (χ0) is 19.1. The molecule has 0 aromatic heterocycles. The smallest absolute Gasteiger partial charge is 0.251 e. The number of nitrogens with zero attached hydrogens (tertiary/aromatic N) is 1. The lowest BCUT2D eigenvalue weighted by molar-refractivity contribution is 0.0937. The molecule has 1 amide bonds. The fourth-order valence-electron chi connectivity index (χ4n) is 3.56. The van der Waals surface area contributed by atoms with Crippen LogP contribution in [-0.2, 0) is 0 Å². The van der Waals surface area contributed by atoms with Gasteiger partial charge in [0.05, 0.1) is 19.8 Å². The molecule has 3 rings (SSSR count). The van der Waals surface area contributed by atoms with E-state index in [2.05, 4.69) is 34.5 Å². The van der Waals surface area contributed by atoms with Crippen LogP contribution in [0.3, 0.4) is 0 Å². The number of methoxy groups -OCH3 is 1. The third kappa shape index (κ3) is 4.80. The molecule has 2 aromatic carbocycles. The van der Waals surface area contributed by atoms with E-state index in [1.165, 1.54) is 18.4 Å². The fourth-order valence-corrected chi connectivity index (χ4v) is 3.56. The van der Waals surface area contributed by atoms with Gasteiger partial charge in [0, 0.05) is 12.1 Å². The highest BCUT2D eigenvalue weighted by molar-refractivity contribution is 5.94. The molecular weight excluding hydrogens is 340 g/mol. The van der Waals surface area contributed by atoms with E-state index in [0.717, 1.165) is 13.1 Å². The molecule has 1 N–H and O–H groups in total. The van der Waals surface area contributed by atoms with Crippen molar-refractivity contribution in [1.82, 2.24) is 10.2 Å². The average molecular weight is 368 g/mol. The molecule has 0 spiro atoms. The van der Waals surface area contributed by atoms with Crippen molar-refractivity contribution in [3.05, 3.63) is 59.7 Å². The van der Waals surface area contributed by atoms with Crippen LogP contribution in [0, 0.1) is 0 Å². The number of ether oxygens (including phenoxy) is 2. The molecule has 144 valence electrons. The molecule has 1 atom stereocenters. The van der Waals surface area contributed by atoms with Crippen LogP contribution in [0.5, 0.6) is 11.5 Å². The predicted octanol–water partition coefficient (Wildman–Crippen LogP) is 3.66. The van der Waals surface area contributed by atoms with Crippen LogP contribution in [0.25, 0.3) is 0 Å². The number of carbonyl (C=O) groups is 1. The maximum atomic E-state index is 12.7. The first-order chi connectivity index (χ1) is 13.2. The molecule has 1 heterocycles. The first kappa shape index (κ1) is 19.2. The summed E-state index contributed by atoms with van der Waals surface area (Å²) in [6.07, 6.45) is 2.43. The van der Waals surface area contributed by atoms with E-state index in [1.54, 1.807) is 25.3 Å². The number of likely N-dealkylation sites (tertiary alicyclic amines) is 1. The lowest BCUT2D eigenvalue weighted by atomic mass is 10.1. The zero-order valence-electron chi connectivity index (χ0n) is 16.1. The van der Waals surface area contributed by atoms with Crippen molar-refractivity contribution in [2.45, 2.75) is 25.8 Å². The molecule has 1 saturated heterocycles. The first-order valence-corrected chi connectivity index (χ1v) is 9.61. The summed E-state index contributed by atoms with van der Waals surface area (Å²) in [4.78, 5) is 15.2. The summed E-state index contributed by atoms with van der Waals surface area (Å²) in [5.74, 6) is 1.12. The molecule has 1 unspecified atom stereocenters. The maximum Gasteiger partial charge on any atom is 0.251 e. The number of hydrogen-bond donors (Lipinski definition) is 1. The molecule has 1 aliphatic heterocycles. The number of benzene rings is 2. The van der Waals surface area contributed by atoms with Crippen LogP contribution in [0.1, 0.15) is 41.7 Å². The van der Waals surface area contributed by atoms with Gasteiger partial charge in [-0.05, 0) is 56.6 Å². The monoisotopic (exact) mass is 368 g/mol. The summed E-state index contributed by atoms with van der Waals surface area (Å²) in [5, 5.41) is 3.10. The molecule has 5 heteroatoms. The van der Waals surface area contributed by atoms with Crippen LogP contribution in [0.2, 0.25) is 0 Å². The van der Waals surface area contributed by atoms with Crippen molar-refractivity contribution in [3.63, 3.8) is 0 Å². The van der Waals surface area contributed by atoms with Crippen molar-refractivity contribution in [1.29, 1.82) is 0 Å². The molecule has 27 heavy (non-hydrogen) atoms. The van der Waals surface area contributed by atoms with E-state index in [4.69, 9.17) is 9.47 Å². The van der Waals surface area contributed by atoms with Crippen LogP contribution in [0.15, 0.2) is 48.5 Å². The minimum Gasteiger partial charge on any atom is -0.493 e. The second-order valence-corrected chi connectivity index (χ2v) is 6.68. The standard InChI is InChI=1S/C22H28N2O3/c1-3-27-21-15-18(11-12-20(21)26-2)22(25)23-16-19(24-13-7-8-14-24)17-9-5-4-6-10-17/h4-6,9-12,15,19H,3,7-8,13-14,16H2,1-2H3,(H,23,25). The Bertz CT molecular complexity index is 742. The number of amides is 1. The molecule has 1 fully saturated rings. The summed E-state index contributed by atoms with van der Waals surface area (Å²) < 4.78 is 10.9. The first-order valence-electron chi connectivity index (χ1n) is 9.61. The lowest BCUT2D eigenvalue weighted by Gasteiger charge is -2.28. The largest absolute Gasteiger partial charge is 0.493 e. The third-order valence-corrected chi connectivity index (χ3v) is 4.95. The van der Waals surface area contributed by atoms with Crippen LogP contribution in [0.4, 0.5) is 0 Å². The summed E-state index contributed by atoms with van der Waals surface area (Å²) in [6, 6.07) is 15.9. The zero-order valence-corrected chi connectivity index (χ0v) is 16.1. The van der Waals surface area contributed by atoms with E-state index >= 15 is 0 Å². The average Bonchev–Trinajstić information content (AvgIpc) is 3.23. The SMILES string of the molecule is CCOc1cc(C(=O)NCC(c2ccccc2)N2CCCC2)ccc1OC. The molecule has 0 radical (unpaired) electrons. The van der Waals surface area contributed by atoms with Gasteiger partial charge in [-0.25, -0.2) is 0 Å². The minimum atomic E-state index is -0.0984. The Kier molecular flexibility index (Phi) is 6.71. The number of carbonyl (C=O) groups excluding carboxylic acids is 1. The Hall–Kier alpha value is -2.53. The number of nitrogens with one attached hydrogen (secondary N) is 1. The highest BCUT2D eigenvalue weighted by atomic mass is 16.5. The second kappa shape index (κ2) is 9.42. The van der Waals surface area contributed by atoms with Gasteiger partial charge < -0.3 is 14.8 Å². The third-order valence-electron chi connectivity index (χ3n) is 4.95. The van der Waals surface area contributed by atoms with Gasteiger partial charge in [-0.1, -0.05) is 30.3 Å². The summed E-state index contributed by atoms with van der Waals surface area (Å²) in [5.41, 5.74) is 1.82. The van der Waals surface area contributed by atoms with E-state index in [-0.39, 0.29) is 11.9 Å². The molecule has 5 nitrogen and oxygen atoms in total. The van der Waals surface area contributed by atoms with Gasteiger partial charge in [-0.3, -0.25) is 9.69 Å². The molecule has 0 saturated carbocycles. The van der Waals surface area contributed by atoms with Crippen molar-refractivity contribution in [3.8, 4) is 11.5 Å². The Labute approximate surface area is 161 Å². The Morgan fingerprint density at radius 2 is 1.85 bits per heavy atom. The molecular formula is C22H28N2O3. The molecule has 0 aliphatic carbocycles. The van der Waals surface area contributed by atoms with Crippen molar-refractivity contribution < 1.29 is 14.3 Å². The van der Waals surface area contributed by atoms with Gasteiger partial charge in [-0.15, -0.1) is 0 Å². The normalized spacial score (nSPS) is 15.3. The molecule has 1 aliphatic rings. The minimum absolute atomic E-state index is 0.0984. The van der Waals surface area contributed by atoms with Crippen LogP contribution < -0.4 is 14.8 Å². The quantitative estimate of drug-likeness (QED) is 0.773. The Morgan fingerprint density at radius 3 is 2.52 bits per heavy atom. The van der Waals surface area contributed by atoms with E-state index in [9.17, 15) is 4.79 Å². The summed E-state index contributed by atoms with van der Waals surface area (Å²) in [7, 11) is 1.60. The van der Waals surface area contributed by atoms with Crippen molar-refractivity contribution in [2.75, 3.05) is 33.4 Å². The van der Waals surface area contributed by atoms with Gasteiger partial charge >= 0.3 is 0 Å². The number of hydrogen-bond acceptors (Lipinski definition) is 4. The van der Waals surface area contributed by atoms with Crippen LogP contribution >= 0.6 is 0 Å². The van der Waals surface area contributed by atoms with E-state index in [0.29, 0.717) is 30.2 Å². The van der Waals surface area contributed by atoms with Gasteiger partial charge in [0.25, 0.3) is 5.91 Å². The maximum absolute atomic E-state index is 12.7. The molecule has 0 bridgehead atoms. The highest BCUT2D eigenvalue weighted by Crippen LogP contribution is 2.28. The predicted molar refractivity (Wildman–Crippen MR) is 106 cm³/mol. The van der Waals surface area contributed by atoms with Crippen molar-refractivity contribution >= 4 is 5.91 Å². The van der Waals surface area contributed by atoms with Crippen molar-refractivity contribution in [2.24, 2.45) is 0 Å². The lowest BCUT2D eigenvalue weighted by Crippen LogP contribution is -2.36. The van der Waals surface area contributed by atoms with Gasteiger partial charge in [0.2, 0.25) is 0 Å². The van der Waals surface area contributed by atoms with Crippen LogP contribution in [-0.4, -0.2) is 44.2 Å². The fraction of sp³-hybridized carbons (Fsp3) is 0.409.